The zero-order valence-corrected chi connectivity index (χ0v) is 24.5. The zero-order chi connectivity index (χ0) is 29.0. The Kier molecular flexibility index (Phi) is 8.76. The van der Waals surface area contributed by atoms with Crippen molar-refractivity contribution in [2.24, 2.45) is 7.05 Å². The number of thioether (sulfide) groups is 2. The van der Waals surface area contributed by atoms with E-state index in [4.69, 9.17) is 9.47 Å². The number of rotatable bonds is 11. The van der Waals surface area contributed by atoms with Crippen molar-refractivity contribution in [2.75, 3.05) is 18.6 Å². The lowest BCUT2D eigenvalue weighted by Crippen LogP contribution is -2.80. The fourth-order valence-electron chi connectivity index (χ4n) is 4.78. The summed E-state index contributed by atoms with van der Waals surface area (Å²) in [7, 11) is 3.11. The molecule has 41 heavy (non-hydrogen) atoms. The fourth-order valence-corrected chi connectivity index (χ4v) is 7.21. The number of methoxy groups -OCH3 is 1. The van der Waals surface area contributed by atoms with Crippen molar-refractivity contribution >= 4 is 41.3 Å². The van der Waals surface area contributed by atoms with Crippen LogP contribution in [0.3, 0.4) is 0 Å². The van der Waals surface area contributed by atoms with Crippen LogP contribution in [0.15, 0.2) is 77.1 Å². The van der Waals surface area contributed by atoms with Gasteiger partial charge in [-0.15, -0.1) is 16.9 Å². The molecular formula is C28H30N6O5S2. The molecule has 0 bridgehead atoms. The highest BCUT2D eigenvalue weighted by atomic mass is 32.2. The minimum absolute atomic E-state index is 0.149. The third-order valence-corrected chi connectivity index (χ3v) is 9.28. The predicted octanol–water partition coefficient (Wildman–Crippen LogP) is 3.06. The second-order valence-electron chi connectivity index (χ2n) is 9.51. The van der Waals surface area contributed by atoms with E-state index < -0.39 is 29.1 Å². The molecule has 2 amide bonds. The van der Waals surface area contributed by atoms with Gasteiger partial charge in [0.25, 0.3) is 11.6 Å². The van der Waals surface area contributed by atoms with Gasteiger partial charge in [-0.1, -0.05) is 79.3 Å². The van der Waals surface area contributed by atoms with Crippen molar-refractivity contribution in [1.29, 1.82) is 0 Å². The number of aromatic nitrogens is 4. The van der Waals surface area contributed by atoms with E-state index >= 15 is 0 Å². The Bertz CT molecular complexity index is 1410. The number of ether oxygens (including phenoxy) is 2. The Morgan fingerprint density at radius 3 is 2.37 bits per heavy atom. The number of tetrazole rings is 1. The molecule has 0 spiro atoms. The van der Waals surface area contributed by atoms with Crippen LogP contribution in [-0.2, 0) is 30.9 Å². The van der Waals surface area contributed by atoms with Crippen molar-refractivity contribution in [2.45, 2.75) is 42.1 Å². The summed E-state index contributed by atoms with van der Waals surface area (Å²) >= 11 is 2.77. The third kappa shape index (κ3) is 5.61. The number of amides is 2. The SMILES string of the molecule is CCCC(=O)N[C@]1(OC)C(=O)N2C(C(=O)OC(c3ccccc3)c3ccccc3)=C(CSc3nnnn3C)CS[C@H]21. The molecule has 2 aromatic carbocycles. The molecule has 0 saturated carbocycles. The van der Waals surface area contributed by atoms with E-state index in [9.17, 15) is 14.4 Å². The summed E-state index contributed by atoms with van der Waals surface area (Å²) < 4.78 is 13.4. The first-order valence-electron chi connectivity index (χ1n) is 13.1. The molecule has 3 heterocycles. The number of nitrogens with one attached hydrogen (secondary N) is 1. The van der Waals surface area contributed by atoms with Crippen molar-refractivity contribution in [3.05, 3.63) is 83.1 Å². The number of esters is 1. The molecule has 1 saturated heterocycles. The lowest BCUT2D eigenvalue weighted by molar-refractivity contribution is -0.193. The summed E-state index contributed by atoms with van der Waals surface area (Å²) in [6.45, 7) is 1.88. The van der Waals surface area contributed by atoms with E-state index in [1.54, 1.807) is 7.05 Å². The van der Waals surface area contributed by atoms with Crippen molar-refractivity contribution in [1.82, 2.24) is 30.4 Å². The summed E-state index contributed by atoms with van der Waals surface area (Å²) in [5.41, 5.74) is 0.872. The van der Waals surface area contributed by atoms with Crippen molar-refractivity contribution in [3.63, 3.8) is 0 Å². The largest absolute Gasteiger partial charge is 0.448 e. The monoisotopic (exact) mass is 594 g/mol. The molecule has 13 heteroatoms. The van der Waals surface area contributed by atoms with Crippen LogP contribution in [0.1, 0.15) is 37.0 Å². The van der Waals surface area contributed by atoms with Gasteiger partial charge < -0.3 is 14.8 Å². The fraction of sp³-hybridized carbons (Fsp3) is 0.357. The zero-order valence-electron chi connectivity index (χ0n) is 22.9. The highest BCUT2D eigenvalue weighted by Crippen LogP contribution is 2.48. The first-order valence-corrected chi connectivity index (χ1v) is 15.1. The first kappa shape index (κ1) is 28.8. The molecule has 1 N–H and O–H groups in total. The number of benzene rings is 2. The maximum Gasteiger partial charge on any atom is 0.356 e. The van der Waals surface area contributed by atoms with Gasteiger partial charge in [0.05, 0.1) is 0 Å². The molecule has 3 aromatic rings. The van der Waals surface area contributed by atoms with Crippen LogP contribution in [0.25, 0.3) is 0 Å². The maximum atomic E-state index is 14.1. The number of β-lactam (4-membered cyclic amide) rings is 1. The molecule has 2 aliphatic rings. The number of fused-ring (bicyclic) bond motifs is 1. The normalized spacial score (nSPS) is 20.0. The van der Waals surface area contributed by atoms with Gasteiger partial charge in [-0.05, 0) is 33.5 Å². The van der Waals surface area contributed by atoms with Crippen LogP contribution < -0.4 is 5.32 Å². The lowest BCUT2D eigenvalue weighted by Gasteiger charge is -2.56. The topological polar surface area (TPSA) is 129 Å². The number of nitrogens with zero attached hydrogens (tertiary/aromatic N) is 5. The van der Waals surface area contributed by atoms with Crippen LogP contribution in [-0.4, -0.2) is 72.6 Å². The van der Waals surface area contributed by atoms with E-state index in [0.29, 0.717) is 28.7 Å². The molecule has 214 valence electrons. The Morgan fingerprint density at radius 2 is 1.80 bits per heavy atom. The van der Waals surface area contributed by atoms with Crippen LogP contribution in [0.5, 0.6) is 0 Å². The van der Waals surface area contributed by atoms with Gasteiger partial charge in [0.1, 0.15) is 11.1 Å². The summed E-state index contributed by atoms with van der Waals surface area (Å²) in [5, 5.41) is 14.3. The first-order chi connectivity index (χ1) is 19.9. The van der Waals surface area contributed by atoms with E-state index in [-0.39, 0.29) is 18.0 Å². The molecule has 0 unspecified atom stereocenters. The standard InChI is InChI=1S/C28H30N6O5S2/c1-4-11-21(35)29-28(38-3)25(37)34-22(20(16-40-26(28)34)17-41-27-30-31-32-33(27)2)24(36)39-23(18-12-7-5-8-13-18)19-14-9-6-10-15-19/h5-10,12-15,23,26H,4,11,16-17H2,1-3H3,(H,29,35)/t26-,28-/m0/s1. The third-order valence-electron chi connectivity index (χ3n) is 6.81. The Labute approximate surface area is 246 Å². The highest BCUT2D eigenvalue weighted by molar-refractivity contribution is 8.01. The molecule has 0 aliphatic carbocycles. The predicted molar refractivity (Wildman–Crippen MR) is 153 cm³/mol. The molecule has 1 fully saturated rings. The number of hydrogen-bond acceptors (Lipinski definition) is 10. The van der Waals surface area contributed by atoms with Crippen LogP contribution in [0.4, 0.5) is 0 Å². The summed E-state index contributed by atoms with van der Waals surface area (Å²) in [4.78, 5) is 41.8. The van der Waals surface area contributed by atoms with Gasteiger partial charge in [0.2, 0.25) is 11.1 Å². The van der Waals surface area contributed by atoms with Crippen LogP contribution in [0.2, 0.25) is 0 Å². The van der Waals surface area contributed by atoms with E-state index in [2.05, 4.69) is 20.8 Å². The second kappa shape index (κ2) is 12.5. The second-order valence-corrected chi connectivity index (χ2v) is 11.5. The van der Waals surface area contributed by atoms with Crippen molar-refractivity contribution in [3.8, 4) is 0 Å². The number of hydrogen-bond donors (Lipinski definition) is 1. The highest BCUT2D eigenvalue weighted by Gasteiger charge is 2.66. The van der Waals surface area contributed by atoms with Gasteiger partial charge in [-0.2, -0.15) is 0 Å². The maximum absolute atomic E-state index is 14.1. The van der Waals surface area contributed by atoms with Gasteiger partial charge in [-0.3, -0.25) is 14.5 Å². The summed E-state index contributed by atoms with van der Waals surface area (Å²) in [6, 6.07) is 18.9. The Hall–Kier alpha value is -3.68. The van der Waals surface area contributed by atoms with E-state index in [1.165, 1.54) is 40.2 Å². The van der Waals surface area contributed by atoms with Crippen LogP contribution >= 0.6 is 23.5 Å². The number of carbonyl (C=O) groups excluding carboxylic acids is 3. The van der Waals surface area contributed by atoms with Gasteiger partial charge in [0.15, 0.2) is 6.10 Å². The van der Waals surface area contributed by atoms with Gasteiger partial charge in [-0.25, -0.2) is 9.48 Å². The van der Waals surface area contributed by atoms with E-state index in [1.807, 2.05) is 67.6 Å². The van der Waals surface area contributed by atoms with E-state index in [0.717, 1.165) is 11.1 Å². The molecule has 1 aromatic heterocycles. The number of carbonyl (C=O) groups is 3. The Morgan fingerprint density at radius 1 is 1.15 bits per heavy atom. The molecule has 2 aliphatic heterocycles. The minimum Gasteiger partial charge on any atom is -0.448 e. The molecule has 0 radical (unpaired) electrons. The smallest absolute Gasteiger partial charge is 0.356 e. The summed E-state index contributed by atoms with van der Waals surface area (Å²) in [6.07, 6.45) is 0.177. The van der Waals surface area contributed by atoms with Crippen LogP contribution in [0, 0.1) is 0 Å². The average Bonchev–Trinajstić information content (AvgIpc) is 3.42. The van der Waals surface area contributed by atoms with Gasteiger partial charge >= 0.3 is 5.97 Å². The number of aryl methyl sites for hydroxylation is 1. The summed E-state index contributed by atoms with van der Waals surface area (Å²) in [5.74, 6) is -0.690. The van der Waals surface area contributed by atoms with Gasteiger partial charge in [0, 0.05) is 32.1 Å². The quantitative estimate of drug-likeness (QED) is 0.153. The molecule has 2 atom stereocenters. The minimum atomic E-state index is -1.56. The molecule has 5 rings (SSSR count). The Balaban J connectivity index is 1.50. The average molecular weight is 595 g/mol. The molecular weight excluding hydrogens is 564 g/mol. The van der Waals surface area contributed by atoms with Crippen molar-refractivity contribution < 1.29 is 23.9 Å². The molecule has 11 nitrogen and oxygen atoms in total. The lowest BCUT2D eigenvalue weighted by atomic mass is 9.97.